The predicted octanol–water partition coefficient (Wildman–Crippen LogP) is 5.83. The molecule has 0 bridgehead atoms. The van der Waals surface area contributed by atoms with Gasteiger partial charge in [0.1, 0.15) is 17.7 Å². The van der Waals surface area contributed by atoms with Crippen LogP contribution in [-0.2, 0) is 6.42 Å². The molecule has 0 saturated carbocycles. The zero-order valence-electron chi connectivity index (χ0n) is 16.0. The Morgan fingerprint density at radius 3 is 2.48 bits per heavy atom. The first-order valence-corrected chi connectivity index (χ1v) is 10.4. The maximum atomic E-state index is 14.5. The van der Waals surface area contributed by atoms with Gasteiger partial charge in [0, 0.05) is 21.3 Å². The second-order valence-corrected chi connectivity index (χ2v) is 7.99. The molecule has 0 aromatic heterocycles. The first kappa shape index (κ1) is 19.7. The highest BCUT2D eigenvalue weighted by atomic mass is 79.9. The van der Waals surface area contributed by atoms with Gasteiger partial charge in [0.05, 0.1) is 6.04 Å². The van der Waals surface area contributed by atoms with Crippen LogP contribution in [0.5, 0.6) is 5.75 Å². The molecular formula is C24H22BrFN2O. The van der Waals surface area contributed by atoms with Crippen molar-refractivity contribution < 1.29 is 9.50 Å². The lowest BCUT2D eigenvalue weighted by Crippen LogP contribution is -2.40. The van der Waals surface area contributed by atoms with Crippen LogP contribution in [0.15, 0.2) is 77.3 Å². The molecule has 3 aromatic rings. The molecule has 0 spiro atoms. The number of phenolic OH excluding ortho intramolecular Hbond substituents is 1. The molecule has 3 aromatic carbocycles. The van der Waals surface area contributed by atoms with E-state index < -0.39 is 6.17 Å². The predicted molar refractivity (Wildman–Crippen MR) is 118 cm³/mol. The van der Waals surface area contributed by atoms with Gasteiger partial charge in [0.2, 0.25) is 0 Å². The summed E-state index contributed by atoms with van der Waals surface area (Å²) in [6, 6.07) is 20.1. The van der Waals surface area contributed by atoms with Crippen LogP contribution in [0.2, 0.25) is 0 Å². The van der Waals surface area contributed by atoms with Crippen LogP contribution >= 0.6 is 15.9 Å². The van der Waals surface area contributed by atoms with Crippen molar-refractivity contribution in [3.63, 3.8) is 0 Å². The van der Waals surface area contributed by atoms with Gasteiger partial charge < -0.3 is 10.4 Å². The third kappa shape index (κ3) is 4.21. The lowest BCUT2D eigenvalue weighted by atomic mass is 9.97. The van der Waals surface area contributed by atoms with Crippen molar-refractivity contribution in [2.24, 2.45) is 0 Å². The summed E-state index contributed by atoms with van der Waals surface area (Å²) in [6.07, 6.45) is 2.56. The summed E-state index contributed by atoms with van der Waals surface area (Å²) in [5.41, 5.74) is 4.43. The smallest absolute Gasteiger partial charge is 0.129 e. The lowest BCUT2D eigenvalue weighted by Gasteiger charge is -2.33. The van der Waals surface area contributed by atoms with Gasteiger partial charge >= 0.3 is 0 Å². The first-order valence-electron chi connectivity index (χ1n) is 9.61. The number of rotatable bonds is 4. The lowest BCUT2D eigenvalue weighted by molar-refractivity contribution is 0.409. The monoisotopic (exact) mass is 452 g/mol. The Kier molecular flexibility index (Phi) is 5.69. The molecule has 2 unspecified atom stereocenters. The topological polar surface area (TPSA) is 44.3 Å². The van der Waals surface area contributed by atoms with Gasteiger partial charge in [-0.15, -0.1) is 0 Å². The molecule has 1 aliphatic heterocycles. The summed E-state index contributed by atoms with van der Waals surface area (Å²) in [7, 11) is 0. The molecule has 0 fully saturated rings. The number of hydrogen-bond donors (Lipinski definition) is 3. The summed E-state index contributed by atoms with van der Waals surface area (Å²) in [5.74, 6) is -0.0888. The van der Waals surface area contributed by atoms with E-state index in [1.165, 1.54) is 11.6 Å². The molecule has 29 heavy (non-hydrogen) atoms. The van der Waals surface area contributed by atoms with Gasteiger partial charge in [-0.05, 0) is 47.9 Å². The number of phenols is 1. The molecule has 0 radical (unpaired) electrons. The summed E-state index contributed by atoms with van der Waals surface area (Å²) in [4.78, 5) is 0. The van der Waals surface area contributed by atoms with Crippen molar-refractivity contribution in [2.75, 3.05) is 0 Å². The average Bonchev–Trinajstić information content (AvgIpc) is 2.75. The van der Waals surface area contributed by atoms with Gasteiger partial charge in [-0.3, -0.25) is 5.32 Å². The molecule has 0 amide bonds. The molecule has 4 rings (SSSR count). The van der Waals surface area contributed by atoms with Crippen LogP contribution in [-0.4, -0.2) is 5.11 Å². The number of aryl methyl sites for hydroxylation is 1. The third-order valence-corrected chi connectivity index (χ3v) is 5.69. The highest BCUT2D eigenvalue weighted by molar-refractivity contribution is 9.10. The molecular weight excluding hydrogens is 431 g/mol. The summed E-state index contributed by atoms with van der Waals surface area (Å²) in [5, 5.41) is 17.3. The van der Waals surface area contributed by atoms with E-state index in [9.17, 15) is 9.50 Å². The van der Waals surface area contributed by atoms with Gasteiger partial charge in [-0.1, -0.05) is 65.3 Å². The normalized spacial score (nSPS) is 18.8. The van der Waals surface area contributed by atoms with E-state index in [0.717, 1.165) is 27.7 Å². The average molecular weight is 453 g/mol. The summed E-state index contributed by atoms with van der Waals surface area (Å²) >= 11 is 3.48. The van der Waals surface area contributed by atoms with Crippen LogP contribution in [0.1, 0.15) is 41.4 Å². The maximum Gasteiger partial charge on any atom is 0.129 e. The molecule has 148 valence electrons. The summed E-state index contributed by atoms with van der Waals surface area (Å²) < 4.78 is 15.4. The van der Waals surface area contributed by atoms with Gasteiger partial charge in [-0.2, -0.15) is 0 Å². The Bertz CT molecular complexity index is 1050. The fourth-order valence-electron chi connectivity index (χ4n) is 3.57. The quantitative estimate of drug-likeness (QED) is 0.466. The Labute approximate surface area is 178 Å². The van der Waals surface area contributed by atoms with Crippen molar-refractivity contribution in [3.8, 4) is 5.75 Å². The Morgan fingerprint density at radius 1 is 1.00 bits per heavy atom. The van der Waals surface area contributed by atoms with Crippen molar-refractivity contribution in [1.82, 2.24) is 10.6 Å². The molecule has 0 saturated heterocycles. The molecule has 2 atom stereocenters. The maximum absolute atomic E-state index is 14.5. The van der Waals surface area contributed by atoms with E-state index in [1.54, 1.807) is 24.3 Å². The van der Waals surface area contributed by atoms with E-state index in [1.807, 2.05) is 18.2 Å². The number of aromatic hydroxyl groups is 1. The third-order valence-electron chi connectivity index (χ3n) is 5.19. The highest BCUT2D eigenvalue weighted by Gasteiger charge is 2.27. The van der Waals surface area contributed by atoms with E-state index in [4.69, 9.17) is 0 Å². The molecule has 5 heteroatoms. The van der Waals surface area contributed by atoms with E-state index in [0.29, 0.717) is 5.56 Å². The Hall–Kier alpha value is -2.63. The standard InChI is InChI=1S/C24H22BrFN2O/c1-2-15-7-9-16(10-8-15)21-14-22(19-13-17(25)11-12-23(19)29)28-24(27-21)18-5-3-4-6-20(18)26/h3-14,22,24,27-29H,2H2,1H3. The van der Waals surface area contributed by atoms with Crippen LogP contribution in [0.3, 0.4) is 0 Å². The fourth-order valence-corrected chi connectivity index (χ4v) is 3.95. The van der Waals surface area contributed by atoms with Crippen molar-refractivity contribution in [2.45, 2.75) is 25.6 Å². The molecule has 1 aliphatic rings. The minimum atomic E-state index is -0.439. The van der Waals surface area contributed by atoms with Crippen LogP contribution in [0.25, 0.3) is 5.70 Å². The zero-order valence-corrected chi connectivity index (χ0v) is 17.6. The van der Waals surface area contributed by atoms with E-state index in [-0.39, 0.29) is 17.6 Å². The molecule has 3 nitrogen and oxygen atoms in total. The van der Waals surface area contributed by atoms with Gasteiger partial charge in [-0.25, -0.2) is 4.39 Å². The number of hydrogen-bond acceptors (Lipinski definition) is 3. The number of nitrogens with one attached hydrogen (secondary N) is 2. The SMILES string of the molecule is CCc1ccc(C2=CC(c3cc(Br)ccc3O)NC(c3ccccc3F)N2)cc1. The number of halogens is 2. The highest BCUT2D eigenvalue weighted by Crippen LogP contribution is 2.35. The number of benzene rings is 3. The summed E-state index contributed by atoms with van der Waals surface area (Å²) in [6.45, 7) is 2.12. The van der Waals surface area contributed by atoms with E-state index >= 15 is 0 Å². The van der Waals surface area contributed by atoms with Crippen molar-refractivity contribution in [1.29, 1.82) is 0 Å². The zero-order chi connectivity index (χ0) is 20.4. The van der Waals surface area contributed by atoms with Gasteiger partial charge in [0.25, 0.3) is 0 Å². The van der Waals surface area contributed by atoms with Crippen molar-refractivity contribution in [3.05, 3.63) is 105 Å². The van der Waals surface area contributed by atoms with Crippen LogP contribution in [0.4, 0.5) is 4.39 Å². The second-order valence-electron chi connectivity index (χ2n) is 7.08. The largest absolute Gasteiger partial charge is 0.508 e. The van der Waals surface area contributed by atoms with Gasteiger partial charge in [0.15, 0.2) is 0 Å². The molecule has 3 N–H and O–H groups in total. The van der Waals surface area contributed by atoms with Crippen LogP contribution in [0, 0.1) is 5.82 Å². The van der Waals surface area contributed by atoms with E-state index in [2.05, 4.69) is 57.8 Å². The fraction of sp³-hybridized carbons (Fsp3) is 0.167. The van der Waals surface area contributed by atoms with Crippen molar-refractivity contribution >= 4 is 21.6 Å². The van der Waals surface area contributed by atoms with Crippen LogP contribution < -0.4 is 10.6 Å². The minimum Gasteiger partial charge on any atom is -0.508 e. The molecule has 1 heterocycles. The first-order chi connectivity index (χ1) is 14.0. The molecule has 0 aliphatic carbocycles. The minimum absolute atomic E-state index is 0.191. The second kappa shape index (κ2) is 8.39. The Morgan fingerprint density at radius 2 is 1.76 bits per heavy atom. The Balaban J connectivity index is 1.78.